The number of anilines is 2. The van der Waals surface area contributed by atoms with Gasteiger partial charge in [0.1, 0.15) is 5.82 Å². The van der Waals surface area contributed by atoms with E-state index in [-0.39, 0.29) is 0 Å². The van der Waals surface area contributed by atoms with Crippen molar-refractivity contribution in [1.82, 2.24) is 9.97 Å². The fourth-order valence-corrected chi connectivity index (χ4v) is 3.17. The van der Waals surface area contributed by atoms with Crippen molar-refractivity contribution < 1.29 is 0 Å². The molecule has 5 nitrogen and oxygen atoms in total. The van der Waals surface area contributed by atoms with E-state index in [0.717, 1.165) is 42.1 Å². The Kier molecular flexibility index (Phi) is 3.92. The normalized spacial score (nSPS) is 21.7. The van der Waals surface area contributed by atoms with Crippen molar-refractivity contribution >= 4 is 22.7 Å². The highest BCUT2D eigenvalue weighted by Crippen LogP contribution is 2.27. The van der Waals surface area contributed by atoms with Crippen LogP contribution in [0.4, 0.5) is 11.8 Å². The van der Waals surface area contributed by atoms with Gasteiger partial charge in [-0.05, 0) is 37.3 Å². The Labute approximate surface area is 125 Å². The van der Waals surface area contributed by atoms with Gasteiger partial charge in [0.15, 0.2) is 0 Å². The lowest BCUT2D eigenvalue weighted by Crippen LogP contribution is -2.27. The van der Waals surface area contributed by atoms with Gasteiger partial charge in [0.05, 0.1) is 5.52 Å². The second-order valence-electron chi connectivity index (χ2n) is 5.96. The summed E-state index contributed by atoms with van der Waals surface area (Å²) >= 11 is 0. The summed E-state index contributed by atoms with van der Waals surface area (Å²) in [6.45, 7) is 0.967. The van der Waals surface area contributed by atoms with Crippen molar-refractivity contribution in [3.63, 3.8) is 0 Å². The average molecular weight is 285 g/mol. The van der Waals surface area contributed by atoms with Crippen LogP contribution in [0.1, 0.15) is 19.3 Å². The van der Waals surface area contributed by atoms with E-state index in [1.54, 1.807) is 0 Å². The Bertz CT molecular complexity index is 627. The predicted octanol–water partition coefficient (Wildman–Crippen LogP) is 2.24. The molecule has 1 aromatic carbocycles. The van der Waals surface area contributed by atoms with Crippen LogP contribution in [0.15, 0.2) is 24.3 Å². The molecule has 1 heterocycles. The second kappa shape index (κ2) is 5.85. The van der Waals surface area contributed by atoms with Gasteiger partial charge in [0, 0.05) is 32.1 Å². The van der Waals surface area contributed by atoms with Gasteiger partial charge >= 0.3 is 0 Å². The van der Waals surface area contributed by atoms with Crippen LogP contribution in [0.2, 0.25) is 0 Å². The number of para-hydroxylation sites is 1. The van der Waals surface area contributed by atoms with Gasteiger partial charge in [-0.15, -0.1) is 0 Å². The third-order valence-electron chi connectivity index (χ3n) is 4.28. The lowest BCUT2D eigenvalue weighted by molar-refractivity contribution is 0.532. The predicted molar refractivity (Wildman–Crippen MR) is 87.7 cm³/mol. The van der Waals surface area contributed by atoms with E-state index in [4.69, 9.17) is 5.73 Å². The van der Waals surface area contributed by atoms with Crippen LogP contribution < -0.4 is 16.0 Å². The molecule has 0 aliphatic heterocycles. The molecule has 3 rings (SSSR count). The number of fused-ring (bicyclic) bond motifs is 1. The Morgan fingerprint density at radius 2 is 2.10 bits per heavy atom. The van der Waals surface area contributed by atoms with Crippen molar-refractivity contribution in [2.75, 3.05) is 30.9 Å². The molecule has 2 aromatic rings. The van der Waals surface area contributed by atoms with Crippen molar-refractivity contribution in [3.05, 3.63) is 24.3 Å². The Balaban J connectivity index is 1.85. The van der Waals surface area contributed by atoms with Gasteiger partial charge in [-0.1, -0.05) is 12.1 Å². The fraction of sp³-hybridized carbons (Fsp3) is 0.500. The Morgan fingerprint density at radius 3 is 2.81 bits per heavy atom. The number of hydrogen-bond donors (Lipinski definition) is 2. The summed E-state index contributed by atoms with van der Waals surface area (Å²) in [5.74, 6) is 2.31. The van der Waals surface area contributed by atoms with Crippen LogP contribution >= 0.6 is 0 Å². The summed E-state index contributed by atoms with van der Waals surface area (Å²) in [5.41, 5.74) is 6.97. The number of benzene rings is 1. The molecule has 112 valence electrons. The minimum Gasteiger partial charge on any atom is -0.372 e. The summed E-state index contributed by atoms with van der Waals surface area (Å²) in [4.78, 5) is 11.5. The van der Waals surface area contributed by atoms with E-state index in [9.17, 15) is 0 Å². The SMILES string of the molecule is CNc1nc(N(C)C[C@@H]2CC[C@H](N)C2)nc2ccccc12. The summed E-state index contributed by atoms with van der Waals surface area (Å²) in [6, 6.07) is 8.46. The lowest BCUT2D eigenvalue weighted by Gasteiger charge is -2.22. The fourth-order valence-electron chi connectivity index (χ4n) is 3.17. The standard InChI is InChI=1S/C16H23N5/c1-18-15-13-5-3-4-6-14(13)19-16(20-15)21(2)10-11-7-8-12(17)9-11/h3-6,11-12H,7-10,17H2,1-2H3,(H,18,19,20)/t11-,12+/m1/s1. The van der Waals surface area contributed by atoms with Gasteiger partial charge < -0.3 is 16.0 Å². The van der Waals surface area contributed by atoms with Gasteiger partial charge in [-0.2, -0.15) is 4.98 Å². The van der Waals surface area contributed by atoms with Gasteiger partial charge in [0.25, 0.3) is 0 Å². The minimum absolute atomic E-state index is 0.369. The van der Waals surface area contributed by atoms with Crippen molar-refractivity contribution in [1.29, 1.82) is 0 Å². The molecule has 5 heteroatoms. The molecule has 0 unspecified atom stereocenters. The second-order valence-corrected chi connectivity index (χ2v) is 5.96. The van der Waals surface area contributed by atoms with Crippen molar-refractivity contribution in [3.8, 4) is 0 Å². The molecule has 1 aliphatic rings. The van der Waals surface area contributed by atoms with E-state index >= 15 is 0 Å². The third kappa shape index (κ3) is 2.93. The first-order valence-corrected chi connectivity index (χ1v) is 7.58. The topological polar surface area (TPSA) is 67.1 Å². The van der Waals surface area contributed by atoms with E-state index in [1.165, 1.54) is 6.42 Å². The first-order chi connectivity index (χ1) is 10.2. The van der Waals surface area contributed by atoms with Crippen LogP contribution in [-0.4, -0.2) is 36.6 Å². The molecule has 1 aliphatic carbocycles. The van der Waals surface area contributed by atoms with E-state index < -0.39 is 0 Å². The summed E-state index contributed by atoms with van der Waals surface area (Å²) in [5, 5.41) is 4.22. The minimum atomic E-state index is 0.369. The Morgan fingerprint density at radius 1 is 1.29 bits per heavy atom. The summed E-state index contributed by atoms with van der Waals surface area (Å²) in [7, 11) is 3.96. The maximum Gasteiger partial charge on any atom is 0.227 e. The largest absolute Gasteiger partial charge is 0.372 e. The monoisotopic (exact) mass is 285 g/mol. The molecule has 0 spiro atoms. The van der Waals surface area contributed by atoms with Crippen LogP contribution in [0.5, 0.6) is 0 Å². The zero-order chi connectivity index (χ0) is 14.8. The molecule has 0 bridgehead atoms. The number of nitrogens with one attached hydrogen (secondary N) is 1. The van der Waals surface area contributed by atoms with Gasteiger partial charge in [-0.3, -0.25) is 0 Å². The van der Waals surface area contributed by atoms with E-state index in [1.807, 2.05) is 31.3 Å². The van der Waals surface area contributed by atoms with Crippen LogP contribution in [-0.2, 0) is 0 Å². The molecular formula is C16H23N5. The molecule has 1 aromatic heterocycles. The molecule has 21 heavy (non-hydrogen) atoms. The number of nitrogens with two attached hydrogens (primary N) is 1. The Hall–Kier alpha value is -1.88. The molecule has 0 amide bonds. The number of aromatic nitrogens is 2. The van der Waals surface area contributed by atoms with E-state index in [2.05, 4.69) is 27.2 Å². The highest BCUT2D eigenvalue weighted by molar-refractivity contribution is 5.89. The first-order valence-electron chi connectivity index (χ1n) is 7.58. The van der Waals surface area contributed by atoms with Gasteiger partial charge in [0.2, 0.25) is 5.95 Å². The van der Waals surface area contributed by atoms with Crippen molar-refractivity contribution in [2.24, 2.45) is 11.7 Å². The maximum atomic E-state index is 6.00. The van der Waals surface area contributed by atoms with E-state index in [0.29, 0.717) is 12.0 Å². The molecule has 1 saturated carbocycles. The third-order valence-corrected chi connectivity index (χ3v) is 4.28. The molecule has 3 N–H and O–H groups in total. The zero-order valence-electron chi connectivity index (χ0n) is 12.7. The zero-order valence-corrected chi connectivity index (χ0v) is 12.7. The number of nitrogens with zero attached hydrogens (tertiary/aromatic N) is 3. The number of hydrogen-bond acceptors (Lipinski definition) is 5. The first kappa shape index (κ1) is 14.1. The highest BCUT2D eigenvalue weighted by atomic mass is 15.2. The maximum absolute atomic E-state index is 6.00. The lowest BCUT2D eigenvalue weighted by atomic mass is 10.1. The number of rotatable bonds is 4. The van der Waals surface area contributed by atoms with Gasteiger partial charge in [-0.25, -0.2) is 4.98 Å². The average Bonchev–Trinajstić information content (AvgIpc) is 2.91. The van der Waals surface area contributed by atoms with Crippen LogP contribution in [0.25, 0.3) is 10.9 Å². The quantitative estimate of drug-likeness (QED) is 0.901. The van der Waals surface area contributed by atoms with Crippen LogP contribution in [0, 0.1) is 5.92 Å². The molecule has 2 atom stereocenters. The molecular weight excluding hydrogens is 262 g/mol. The smallest absolute Gasteiger partial charge is 0.227 e. The molecule has 0 saturated heterocycles. The van der Waals surface area contributed by atoms with Crippen LogP contribution in [0.3, 0.4) is 0 Å². The summed E-state index contributed by atoms with van der Waals surface area (Å²) < 4.78 is 0. The van der Waals surface area contributed by atoms with Crippen molar-refractivity contribution in [2.45, 2.75) is 25.3 Å². The highest BCUT2D eigenvalue weighted by Gasteiger charge is 2.23. The summed E-state index contributed by atoms with van der Waals surface area (Å²) in [6.07, 6.45) is 3.45. The molecule has 0 radical (unpaired) electrons. The molecule has 1 fully saturated rings.